The lowest BCUT2D eigenvalue weighted by molar-refractivity contribution is 0.202. The number of benzene rings is 4. The summed E-state index contributed by atoms with van der Waals surface area (Å²) in [6, 6.07) is 26.4. The van der Waals surface area contributed by atoms with Crippen LogP contribution in [0.2, 0.25) is 0 Å². The van der Waals surface area contributed by atoms with Crippen LogP contribution in [0.25, 0.3) is 21.5 Å². The third-order valence-electron chi connectivity index (χ3n) is 6.82. The molecule has 0 bridgehead atoms. The van der Waals surface area contributed by atoms with Gasteiger partial charge in [-0.25, -0.2) is 0 Å². The van der Waals surface area contributed by atoms with Gasteiger partial charge in [-0.2, -0.15) is 0 Å². The second-order valence-electron chi connectivity index (χ2n) is 8.91. The molecule has 0 aliphatic carbocycles. The Kier molecular flexibility index (Phi) is 5.18. The predicted molar refractivity (Wildman–Crippen MR) is 136 cm³/mol. The maximum absolute atomic E-state index is 11.0. The first-order valence-corrected chi connectivity index (χ1v) is 13.1. The van der Waals surface area contributed by atoms with Crippen molar-refractivity contribution in [3.05, 3.63) is 78.9 Å². The van der Waals surface area contributed by atoms with Gasteiger partial charge in [0.1, 0.15) is 11.9 Å². The second-order valence-corrected chi connectivity index (χ2v) is 10.8. The Morgan fingerprint density at radius 3 is 2.52 bits per heavy atom. The Morgan fingerprint density at radius 1 is 0.848 bits per heavy atom. The number of likely N-dealkylation sites (tertiary alicyclic amines) is 1. The average molecular weight is 461 g/mol. The Morgan fingerprint density at radius 2 is 1.61 bits per heavy atom. The van der Waals surface area contributed by atoms with Crippen molar-refractivity contribution in [3.63, 3.8) is 0 Å². The van der Waals surface area contributed by atoms with Gasteiger partial charge >= 0.3 is 0 Å². The number of anilines is 1. The molecule has 2 aliphatic rings. The number of ether oxygens (including phenoxy) is 1. The fraction of sp³-hybridized carbons (Fsp3) is 0.259. The summed E-state index contributed by atoms with van der Waals surface area (Å²) in [7, 11) is -2.98. The first-order chi connectivity index (χ1) is 16.1. The van der Waals surface area contributed by atoms with Crippen LogP contribution >= 0.6 is 10.8 Å². The minimum atomic E-state index is -2.98. The van der Waals surface area contributed by atoms with Gasteiger partial charge in [0, 0.05) is 37.0 Å². The molecule has 2 aliphatic heterocycles. The highest BCUT2D eigenvalue weighted by Gasteiger charge is 2.35. The van der Waals surface area contributed by atoms with Crippen molar-refractivity contribution in [2.45, 2.75) is 23.8 Å². The third kappa shape index (κ3) is 3.63. The monoisotopic (exact) mass is 460 g/mol. The summed E-state index contributed by atoms with van der Waals surface area (Å²) in [6.07, 6.45) is 2.05. The Balaban J connectivity index is 1.09. The zero-order valence-electron chi connectivity index (χ0n) is 18.4. The number of nitrogens with zero attached hydrogens (tertiary/aromatic N) is 2. The molecule has 4 aromatic carbocycles. The molecule has 1 fully saturated rings. The summed E-state index contributed by atoms with van der Waals surface area (Å²) < 4.78 is 30.2. The van der Waals surface area contributed by atoms with Gasteiger partial charge in [0.25, 0.3) is 0 Å². The van der Waals surface area contributed by atoms with E-state index in [1.54, 1.807) is 0 Å². The van der Waals surface area contributed by atoms with Crippen LogP contribution in [0.4, 0.5) is 5.69 Å². The van der Waals surface area contributed by atoms with E-state index in [0.29, 0.717) is 11.4 Å². The Labute approximate surface area is 195 Å². The van der Waals surface area contributed by atoms with Crippen molar-refractivity contribution in [2.24, 2.45) is 0 Å². The lowest BCUT2D eigenvalue weighted by atomic mass is 10.1. The summed E-state index contributed by atoms with van der Waals surface area (Å²) in [6.45, 7) is 3.42. The molecular formula is C27H28N2O3S. The molecular weight excluding hydrogens is 432 g/mol. The molecule has 4 aromatic rings. The van der Waals surface area contributed by atoms with Gasteiger partial charge in [-0.05, 0) is 41.8 Å². The number of hydrogen-bond acceptors (Lipinski definition) is 5. The minimum absolute atomic E-state index is 0.181. The molecule has 0 radical (unpaired) electrons. The number of fused-ring (bicyclic) bond motifs is 1. The van der Waals surface area contributed by atoms with Crippen molar-refractivity contribution in [1.82, 2.24) is 4.90 Å². The summed E-state index contributed by atoms with van der Waals surface area (Å²) in [5.74, 6) is 0.955. The molecule has 6 rings (SSSR count). The molecule has 33 heavy (non-hydrogen) atoms. The first kappa shape index (κ1) is 20.8. The van der Waals surface area contributed by atoms with E-state index >= 15 is 0 Å². The number of rotatable bonds is 6. The molecule has 1 unspecified atom stereocenters. The van der Waals surface area contributed by atoms with E-state index in [4.69, 9.17) is 4.74 Å². The van der Waals surface area contributed by atoms with Crippen molar-refractivity contribution in [3.8, 4) is 5.75 Å². The van der Waals surface area contributed by atoms with Crippen LogP contribution in [-0.4, -0.2) is 46.3 Å². The molecule has 170 valence electrons. The van der Waals surface area contributed by atoms with Gasteiger partial charge in [-0.1, -0.05) is 71.4 Å². The van der Waals surface area contributed by atoms with Crippen LogP contribution in [0, 0.1) is 0 Å². The molecule has 6 heteroatoms. The van der Waals surface area contributed by atoms with Crippen LogP contribution in [0.1, 0.15) is 12.8 Å². The largest absolute Gasteiger partial charge is 0.488 e. The first-order valence-electron chi connectivity index (χ1n) is 11.6. The molecule has 2 N–H and O–H groups in total. The van der Waals surface area contributed by atoms with Crippen molar-refractivity contribution < 1.29 is 13.8 Å². The zero-order valence-corrected chi connectivity index (χ0v) is 19.2. The number of hydrogen-bond donors (Lipinski definition) is 2. The molecule has 0 saturated carbocycles. The smallest absolute Gasteiger partial charge is 0.127 e. The Hall–Kier alpha value is -2.77. The SMILES string of the molecule is OS1(O)c2cccc3cccc(c23)N1CCCN1CCC(Oc2cccc3ccccc23)C1. The summed E-state index contributed by atoms with van der Waals surface area (Å²) in [5.41, 5.74) is 0.932. The van der Waals surface area contributed by atoms with Gasteiger partial charge in [-0.3, -0.25) is 18.3 Å². The summed E-state index contributed by atoms with van der Waals surface area (Å²) in [5, 5.41) is 4.39. The lowest BCUT2D eigenvalue weighted by Gasteiger charge is -2.39. The van der Waals surface area contributed by atoms with Crippen molar-refractivity contribution in [1.29, 1.82) is 0 Å². The fourth-order valence-electron chi connectivity index (χ4n) is 5.24. The van der Waals surface area contributed by atoms with Crippen molar-refractivity contribution >= 4 is 38.0 Å². The van der Waals surface area contributed by atoms with E-state index in [2.05, 4.69) is 47.4 Å². The second kappa shape index (κ2) is 8.22. The van der Waals surface area contributed by atoms with Crippen LogP contribution in [0.5, 0.6) is 5.75 Å². The highest BCUT2D eigenvalue weighted by Crippen LogP contribution is 2.63. The Bertz CT molecular complexity index is 1310. The maximum atomic E-state index is 11.0. The molecule has 2 heterocycles. The van der Waals surface area contributed by atoms with Crippen LogP contribution in [-0.2, 0) is 0 Å². The van der Waals surface area contributed by atoms with E-state index in [1.807, 2.05) is 40.7 Å². The highest BCUT2D eigenvalue weighted by atomic mass is 32.3. The van der Waals surface area contributed by atoms with E-state index in [0.717, 1.165) is 60.1 Å². The molecule has 0 spiro atoms. The van der Waals surface area contributed by atoms with E-state index < -0.39 is 10.8 Å². The van der Waals surface area contributed by atoms with Gasteiger partial charge in [0.2, 0.25) is 0 Å². The van der Waals surface area contributed by atoms with E-state index in [9.17, 15) is 9.11 Å². The van der Waals surface area contributed by atoms with Gasteiger partial charge in [0.15, 0.2) is 0 Å². The molecule has 5 nitrogen and oxygen atoms in total. The standard InChI is InChI=1S/C27H28N2O3S/c30-33(31)26-14-5-10-21-9-3-12-24(27(21)26)29(33)17-6-16-28-18-15-22(19-28)32-25-13-4-8-20-7-1-2-11-23(20)25/h1-5,7-14,22,30-31H,6,15-19H2. The summed E-state index contributed by atoms with van der Waals surface area (Å²) >= 11 is 0. The van der Waals surface area contributed by atoms with Crippen LogP contribution < -0.4 is 9.04 Å². The predicted octanol–water partition coefficient (Wildman–Crippen LogP) is 6.38. The van der Waals surface area contributed by atoms with Crippen LogP contribution in [0.15, 0.2) is 83.8 Å². The highest BCUT2D eigenvalue weighted by molar-refractivity contribution is 8.26. The van der Waals surface area contributed by atoms with Crippen LogP contribution in [0.3, 0.4) is 0 Å². The topological polar surface area (TPSA) is 56.2 Å². The van der Waals surface area contributed by atoms with Gasteiger partial charge in [0.05, 0.1) is 10.6 Å². The van der Waals surface area contributed by atoms with E-state index in [1.165, 1.54) is 5.39 Å². The van der Waals surface area contributed by atoms with E-state index in [-0.39, 0.29) is 6.10 Å². The van der Waals surface area contributed by atoms with Gasteiger partial charge in [-0.15, -0.1) is 0 Å². The molecule has 1 atom stereocenters. The minimum Gasteiger partial charge on any atom is -0.488 e. The zero-order chi connectivity index (χ0) is 22.4. The summed E-state index contributed by atoms with van der Waals surface area (Å²) in [4.78, 5) is 3.08. The average Bonchev–Trinajstić information content (AvgIpc) is 3.36. The maximum Gasteiger partial charge on any atom is 0.127 e. The normalized spacial score (nSPS) is 20.5. The molecule has 0 amide bonds. The van der Waals surface area contributed by atoms with Gasteiger partial charge < -0.3 is 4.74 Å². The third-order valence-corrected chi connectivity index (χ3v) is 8.75. The lowest BCUT2D eigenvalue weighted by Crippen LogP contribution is -2.30. The fourth-order valence-corrected chi connectivity index (χ4v) is 7.04. The molecule has 1 saturated heterocycles. The quantitative estimate of drug-likeness (QED) is 0.350. The molecule has 0 aromatic heterocycles. The van der Waals surface area contributed by atoms with Crippen molar-refractivity contribution in [2.75, 3.05) is 30.5 Å².